The summed E-state index contributed by atoms with van der Waals surface area (Å²) in [6.07, 6.45) is 1.25. The monoisotopic (exact) mass is 667 g/mol. The quantitative estimate of drug-likeness (QED) is 0.259. The van der Waals surface area contributed by atoms with Crippen molar-refractivity contribution >= 4 is 66.7 Å². The molecule has 7 nitrogen and oxygen atoms in total. The van der Waals surface area contributed by atoms with E-state index < -0.39 is 28.5 Å². The number of sulfonamides is 1. The van der Waals surface area contributed by atoms with E-state index in [1.807, 2.05) is 68.4 Å². The lowest BCUT2D eigenvalue weighted by Crippen LogP contribution is -2.53. The van der Waals surface area contributed by atoms with Crippen LogP contribution in [-0.4, -0.2) is 50.5 Å². The van der Waals surface area contributed by atoms with Crippen molar-refractivity contribution in [1.29, 1.82) is 0 Å². The first kappa shape index (κ1) is 31.9. The summed E-state index contributed by atoms with van der Waals surface area (Å²) in [6.45, 7) is 3.93. The number of hydrogen-bond donors (Lipinski definition) is 1. The molecule has 0 fully saturated rings. The van der Waals surface area contributed by atoms with E-state index in [0.29, 0.717) is 6.54 Å². The number of benzene rings is 3. The van der Waals surface area contributed by atoms with Crippen LogP contribution in [0.2, 0.25) is 10.0 Å². The van der Waals surface area contributed by atoms with Gasteiger partial charge in [0.1, 0.15) is 12.6 Å². The highest BCUT2D eigenvalue weighted by Gasteiger charge is 2.33. The molecule has 3 rings (SSSR count). The van der Waals surface area contributed by atoms with E-state index in [0.717, 1.165) is 26.2 Å². The molecule has 0 spiro atoms. The van der Waals surface area contributed by atoms with E-state index >= 15 is 0 Å². The van der Waals surface area contributed by atoms with Gasteiger partial charge >= 0.3 is 0 Å². The standard InChI is InChI=1S/C29H32BrCl2N3O4S/c1-20(2)17-33-29(37)27(13-21-8-5-4-6-9-21)34(18-22-10-7-11-23(30)12-22)28(36)19-35(40(3,38)39)26-15-24(31)14-25(32)16-26/h4-12,14-16,20,27H,13,17-19H2,1-3H3,(H,33,37)/t27-/m0/s1. The van der Waals surface area contributed by atoms with Crippen molar-refractivity contribution in [3.8, 4) is 0 Å². The molecule has 0 radical (unpaired) electrons. The molecule has 3 aromatic carbocycles. The lowest BCUT2D eigenvalue weighted by Gasteiger charge is -2.33. The molecule has 11 heteroatoms. The highest BCUT2D eigenvalue weighted by Crippen LogP contribution is 2.28. The Kier molecular flexibility index (Phi) is 11.5. The van der Waals surface area contributed by atoms with Crippen LogP contribution in [0.5, 0.6) is 0 Å². The number of halogens is 3. The van der Waals surface area contributed by atoms with Gasteiger partial charge in [-0.25, -0.2) is 8.42 Å². The van der Waals surface area contributed by atoms with E-state index in [4.69, 9.17) is 23.2 Å². The molecular formula is C29H32BrCl2N3O4S. The highest BCUT2D eigenvalue weighted by molar-refractivity contribution is 9.10. The van der Waals surface area contributed by atoms with Gasteiger partial charge in [0.2, 0.25) is 21.8 Å². The largest absolute Gasteiger partial charge is 0.354 e. The van der Waals surface area contributed by atoms with E-state index in [-0.39, 0.29) is 40.5 Å². The first-order chi connectivity index (χ1) is 18.8. The summed E-state index contributed by atoms with van der Waals surface area (Å²) >= 11 is 15.8. The SMILES string of the molecule is CC(C)CNC(=O)[C@H](Cc1ccccc1)N(Cc1cccc(Br)c1)C(=O)CN(c1cc(Cl)cc(Cl)c1)S(C)(=O)=O. The fourth-order valence-corrected chi connectivity index (χ4v) is 5.90. The molecule has 1 N–H and O–H groups in total. The molecule has 40 heavy (non-hydrogen) atoms. The normalized spacial score (nSPS) is 12.2. The van der Waals surface area contributed by atoms with Crippen molar-refractivity contribution in [2.24, 2.45) is 5.92 Å². The molecule has 0 aliphatic rings. The minimum atomic E-state index is -3.93. The van der Waals surface area contributed by atoms with Gasteiger partial charge in [-0.1, -0.05) is 95.4 Å². The number of nitrogens with one attached hydrogen (secondary N) is 1. The first-order valence-corrected chi connectivity index (χ1v) is 16.0. The van der Waals surface area contributed by atoms with E-state index in [2.05, 4.69) is 21.2 Å². The van der Waals surface area contributed by atoms with Gasteiger partial charge in [0, 0.05) is 34.0 Å². The smallest absolute Gasteiger partial charge is 0.244 e. The van der Waals surface area contributed by atoms with Gasteiger partial charge in [0.15, 0.2) is 0 Å². The van der Waals surface area contributed by atoms with Crippen molar-refractivity contribution in [3.05, 3.63) is 98.4 Å². The van der Waals surface area contributed by atoms with Crippen molar-refractivity contribution in [2.45, 2.75) is 32.9 Å². The molecule has 3 aromatic rings. The molecule has 0 aliphatic heterocycles. The number of carbonyl (C=O) groups excluding carboxylic acids is 2. The Balaban J connectivity index is 2.06. The van der Waals surface area contributed by atoms with Crippen LogP contribution in [0.1, 0.15) is 25.0 Å². The Morgan fingerprint density at radius 2 is 1.55 bits per heavy atom. The van der Waals surface area contributed by atoms with Crippen molar-refractivity contribution in [3.63, 3.8) is 0 Å². The number of hydrogen-bond acceptors (Lipinski definition) is 4. The van der Waals surface area contributed by atoms with Gasteiger partial charge in [0.05, 0.1) is 11.9 Å². The Bertz CT molecular complexity index is 1420. The number of carbonyl (C=O) groups is 2. The minimum absolute atomic E-state index is 0.0821. The molecule has 0 unspecified atom stereocenters. The van der Waals surface area contributed by atoms with Crippen LogP contribution in [0.25, 0.3) is 0 Å². The number of nitrogens with zero attached hydrogens (tertiary/aromatic N) is 2. The summed E-state index contributed by atoms with van der Waals surface area (Å²) in [5.74, 6) is -0.677. The third-order valence-corrected chi connectivity index (χ3v) is 8.08. The van der Waals surface area contributed by atoms with Gasteiger partial charge in [-0.15, -0.1) is 0 Å². The maximum absolute atomic E-state index is 14.1. The molecule has 0 saturated heterocycles. The van der Waals surface area contributed by atoms with Crippen LogP contribution in [0.4, 0.5) is 5.69 Å². The fraction of sp³-hybridized carbons (Fsp3) is 0.310. The van der Waals surface area contributed by atoms with Crippen molar-refractivity contribution < 1.29 is 18.0 Å². The van der Waals surface area contributed by atoms with Crippen LogP contribution in [0.15, 0.2) is 77.3 Å². The van der Waals surface area contributed by atoms with Crippen molar-refractivity contribution in [2.75, 3.05) is 23.7 Å². The maximum atomic E-state index is 14.1. The molecule has 0 saturated carbocycles. The average Bonchev–Trinajstić information content (AvgIpc) is 2.87. The second kappa shape index (κ2) is 14.3. The molecule has 0 heterocycles. The van der Waals surface area contributed by atoms with Crippen LogP contribution >= 0.6 is 39.1 Å². The number of anilines is 1. The van der Waals surface area contributed by atoms with Crippen LogP contribution in [-0.2, 0) is 32.6 Å². The summed E-state index contributed by atoms with van der Waals surface area (Å²) in [7, 11) is -3.93. The summed E-state index contributed by atoms with van der Waals surface area (Å²) in [5.41, 5.74) is 1.79. The average molecular weight is 669 g/mol. The van der Waals surface area contributed by atoms with Gasteiger partial charge in [0.25, 0.3) is 0 Å². The molecule has 0 aromatic heterocycles. The third kappa shape index (κ3) is 9.51. The van der Waals surface area contributed by atoms with Gasteiger partial charge in [-0.05, 0) is 47.4 Å². The predicted octanol–water partition coefficient (Wildman–Crippen LogP) is 5.93. The molecule has 214 valence electrons. The van der Waals surface area contributed by atoms with Crippen molar-refractivity contribution in [1.82, 2.24) is 10.2 Å². The summed E-state index contributed by atoms with van der Waals surface area (Å²) < 4.78 is 27.5. The molecule has 2 amide bonds. The lowest BCUT2D eigenvalue weighted by atomic mass is 10.0. The highest BCUT2D eigenvalue weighted by atomic mass is 79.9. The molecule has 0 aliphatic carbocycles. The Morgan fingerprint density at radius 1 is 0.925 bits per heavy atom. The maximum Gasteiger partial charge on any atom is 0.244 e. The topological polar surface area (TPSA) is 86.8 Å². The van der Waals surface area contributed by atoms with Crippen LogP contribution < -0.4 is 9.62 Å². The van der Waals surface area contributed by atoms with Crippen LogP contribution in [0, 0.1) is 5.92 Å². The van der Waals surface area contributed by atoms with Gasteiger partial charge in [-0.3, -0.25) is 13.9 Å². The lowest BCUT2D eigenvalue weighted by molar-refractivity contribution is -0.140. The zero-order valence-corrected chi connectivity index (χ0v) is 26.4. The summed E-state index contributed by atoms with van der Waals surface area (Å²) in [4.78, 5) is 29.1. The van der Waals surface area contributed by atoms with Crippen LogP contribution in [0.3, 0.4) is 0 Å². The minimum Gasteiger partial charge on any atom is -0.354 e. The number of rotatable bonds is 12. The zero-order chi connectivity index (χ0) is 29.4. The van der Waals surface area contributed by atoms with E-state index in [9.17, 15) is 18.0 Å². The Hall–Kier alpha value is -2.59. The second-order valence-electron chi connectivity index (χ2n) is 9.89. The third-order valence-electron chi connectivity index (χ3n) is 6.01. The summed E-state index contributed by atoms with van der Waals surface area (Å²) in [5, 5.41) is 3.41. The van der Waals surface area contributed by atoms with E-state index in [1.54, 1.807) is 0 Å². The predicted molar refractivity (Wildman–Crippen MR) is 165 cm³/mol. The first-order valence-electron chi connectivity index (χ1n) is 12.6. The van der Waals surface area contributed by atoms with Gasteiger partial charge < -0.3 is 10.2 Å². The fourth-order valence-electron chi connectivity index (χ4n) is 4.11. The van der Waals surface area contributed by atoms with E-state index in [1.165, 1.54) is 23.1 Å². The number of amides is 2. The summed E-state index contributed by atoms with van der Waals surface area (Å²) in [6, 6.07) is 20.2. The Labute approximate surface area is 254 Å². The molecule has 0 bridgehead atoms. The molecular weight excluding hydrogens is 637 g/mol. The molecule has 1 atom stereocenters. The Morgan fingerprint density at radius 3 is 2.12 bits per heavy atom. The van der Waals surface area contributed by atoms with Gasteiger partial charge in [-0.2, -0.15) is 0 Å². The zero-order valence-electron chi connectivity index (χ0n) is 22.5. The second-order valence-corrected chi connectivity index (χ2v) is 13.6.